The van der Waals surface area contributed by atoms with E-state index < -0.39 is 0 Å². The molecule has 0 spiro atoms. The molecule has 0 bridgehead atoms. The molecule has 0 saturated carbocycles. The van der Waals surface area contributed by atoms with E-state index in [4.69, 9.17) is 0 Å². The van der Waals surface area contributed by atoms with Crippen molar-refractivity contribution in [2.75, 3.05) is 6.54 Å². The number of allylic oxidation sites excluding steroid dienone is 1. The van der Waals surface area contributed by atoms with Crippen molar-refractivity contribution in [3.05, 3.63) is 40.6 Å². The van der Waals surface area contributed by atoms with E-state index in [1.165, 1.54) is 5.56 Å². The van der Waals surface area contributed by atoms with Gasteiger partial charge in [-0.05, 0) is 47.4 Å². The molecule has 1 rings (SSSR count). The molecule has 0 aliphatic carbocycles. The van der Waals surface area contributed by atoms with Crippen LogP contribution < -0.4 is 5.32 Å². The quantitative estimate of drug-likeness (QED) is 0.646. The van der Waals surface area contributed by atoms with Gasteiger partial charge in [0.05, 0.1) is 0 Å². The normalized spacial score (nSPS) is 11.0. The first kappa shape index (κ1) is 11.4. The van der Waals surface area contributed by atoms with Gasteiger partial charge in [-0.25, -0.2) is 0 Å². The van der Waals surface area contributed by atoms with Crippen molar-refractivity contribution in [1.29, 1.82) is 0 Å². The van der Waals surface area contributed by atoms with Crippen LogP contribution in [0.4, 0.5) is 0 Å². The van der Waals surface area contributed by atoms with Crippen LogP contribution in [0.2, 0.25) is 0 Å². The van der Waals surface area contributed by atoms with Crippen LogP contribution >= 0.6 is 15.9 Å². The molecule has 3 heteroatoms. The van der Waals surface area contributed by atoms with Crippen molar-refractivity contribution in [2.24, 2.45) is 0 Å². The molecule has 0 aromatic carbocycles. The third-order valence-corrected chi connectivity index (χ3v) is 2.25. The number of nitrogens with zero attached hydrogens (tertiary/aromatic N) is 1. The Hall–Kier alpha value is -0.670. The van der Waals surface area contributed by atoms with Crippen LogP contribution in [-0.2, 0) is 6.54 Å². The van der Waals surface area contributed by atoms with E-state index >= 15 is 0 Å². The summed E-state index contributed by atoms with van der Waals surface area (Å²) in [6.07, 6.45) is 8.99. The second-order valence-electron chi connectivity index (χ2n) is 3.05. The SMILES string of the molecule is C/C=C/CCNCc1cncc(Br)c1. The van der Waals surface area contributed by atoms with Crippen molar-refractivity contribution >= 4 is 15.9 Å². The van der Waals surface area contributed by atoms with Gasteiger partial charge in [-0.15, -0.1) is 0 Å². The molecular weight excluding hydrogens is 240 g/mol. The van der Waals surface area contributed by atoms with E-state index in [-0.39, 0.29) is 0 Å². The third-order valence-electron chi connectivity index (χ3n) is 1.81. The Morgan fingerprint density at radius 3 is 3.07 bits per heavy atom. The lowest BCUT2D eigenvalue weighted by molar-refractivity contribution is 0.693. The number of pyridine rings is 1. The van der Waals surface area contributed by atoms with E-state index in [0.29, 0.717) is 0 Å². The van der Waals surface area contributed by atoms with Gasteiger partial charge in [-0.2, -0.15) is 0 Å². The Labute approximate surface area is 93.6 Å². The molecule has 0 saturated heterocycles. The summed E-state index contributed by atoms with van der Waals surface area (Å²) in [4.78, 5) is 4.10. The van der Waals surface area contributed by atoms with Crippen molar-refractivity contribution < 1.29 is 0 Å². The lowest BCUT2D eigenvalue weighted by Crippen LogP contribution is -2.14. The Morgan fingerprint density at radius 2 is 2.36 bits per heavy atom. The summed E-state index contributed by atoms with van der Waals surface area (Å²) < 4.78 is 1.03. The minimum absolute atomic E-state index is 0.879. The van der Waals surface area contributed by atoms with Crippen LogP contribution in [0.1, 0.15) is 18.9 Å². The summed E-state index contributed by atoms with van der Waals surface area (Å²) in [7, 11) is 0. The molecular formula is C11H15BrN2. The third kappa shape index (κ3) is 4.53. The standard InChI is InChI=1S/C11H15BrN2/c1-2-3-4-5-13-7-10-6-11(12)9-14-8-10/h2-3,6,8-9,13H,4-5,7H2,1H3/b3-2+. The molecule has 1 heterocycles. The lowest BCUT2D eigenvalue weighted by Gasteiger charge is -2.02. The molecule has 2 nitrogen and oxygen atoms in total. The zero-order chi connectivity index (χ0) is 10.2. The number of hydrogen-bond donors (Lipinski definition) is 1. The average molecular weight is 255 g/mol. The minimum atomic E-state index is 0.879. The topological polar surface area (TPSA) is 24.9 Å². The van der Waals surface area contributed by atoms with Gasteiger partial charge in [0.15, 0.2) is 0 Å². The molecule has 0 radical (unpaired) electrons. The minimum Gasteiger partial charge on any atom is -0.312 e. The molecule has 0 fully saturated rings. The fraction of sp³-hybridized carbons (Fsp3) is 0.364. The van der Waals surface area contributed by atoms with Gasteiger partial charge in [0.2, 0.25) is 0 Å². The molecule has 0 aliphatic heterocycles. The summed E-state index contributed by atoms with van der Waals surface area (Å²) >= 11 is 3.39. The first-order valence-corrected chi connectivity index (χ1v) is 5.53. The maximum atomic E-state index is 4.10. The van der Waals surface area contributed by atoms with E-state index in [0.717, 1.165) is 24.0 Å². The summed E-state index contributed by atoms with van der Waals surface area (Å²) in [6.45, 7) is 3.93. The number of halogens is 1. The highest BCUT2D eigenvalue weighted by Gasteiger charge is 1.93. The zero-order valence-corrected chi connectivity index (χ0v) is 9.92. The molecule has 1 N–H and O–H groups in total. The van der Waals surface area contributed by atoms with Gasteiger partial charge in [0.25, 0.3) is 0 Å². The van der Waals surface area contributed by atoms with E-state index in [1.54, 1.807) is 6.20 Å². The number of hydrogen-bond acceptors (Lipinski definition) is 2. The summed E-state index contributed by atoms with van der Waals surface area (Å²) in [5, 5.41) is 3.35. The maximum absolute atomic E-state index is 4.10. The first-order chi connectivity index (χ1) is 6.83. The highest BCUT2D eigenvalue weighted by molar-refractivity contribution is 9.10. The summed E-state index contributed by atoms with van der Waals surface area (Å²) in [5.74, 6) is 0. The van der Waals surface area contributed by atoms with E-state index in [2.05, 4.69) is 44.4 Å². The maximum Gasteiger partial charge on any atom is 0.0410 e. The summed E-state index contributed by atoms with van der Waals surface area (Å²) in [6, 6.07) is 2.08. The van der Waals surface area contributed by atoms with Crippen LogP contribution in [0, 0.1) is 0 Å². The Kier molecular flexibility index (Phi) is 5.49. The van der Waals surface area contributed by atoms with Crippen LogP contribution in [-0.4, -0.2) is 11.5 Å². The Bertz CT molecular complexity index is 297. The average Bonchev–Trinajstić information content (AvgIpc) is 2.18. The first-order valence-electron chi connectivity index (χ1n) is 4.74. The molecule has 14 heavy (non-hydrogen) atoms. The highest BCUT2D eigenvalue weighted by Crippen LogP contribution is 2.08. The number of nitrogens with one attached hydrogen (secondary N) is 1. The van der Waals surface area contributed by atoms with Gasteiger partial charge >= 0.3 is 0 Å². The van der Waals surface area contributed by atoms with Gasteiger partial charge in [0, 0.05) is 23.4 Å². The molecule has 0 amide bonds. The van der Waals surface area contributed by atoms with Crippen LogP contribution in [0.3, 0.4) is 0 Å². The van der Waals surface area contributed by atoms with Crippen molar-refractivity contribution in [3.63, 3.8) is 0 Å². The second kappa shape index (κ2) is 6.74. The lowest BCUT2D eigenvalue weighted by atomic mass is 10.3. The zero-order valence-electron chi connectivity index (χ0n) is 8.33. The number of aromatic nitrogens is 1. The highest BCUT2D eigenvalue weighted by atomic mass is 79.9. The van der Waals surface area contributed by atoms with E-state index in [9.17, 15) is 0 Å². The van der Waals surface area contributed by atoms with Gasteiger partial charge in [-0.1, -0.05) is 12.2 Å². The van der Waals surface area contributed by atoms with Crippen LogP contribution in [0.15, 0.2) is 35.1 Å². The largest absolute Gasteiger partial charge is 0.312 e. The molecule has 1 aromatic rings. The van der Waals surface area contributed by atoms with Gasteiger partial charge in [0.1, 0.15) is 0 Å². The fourth-order valence-corrected chi connectivity index (χ4v) is 1.55. The molecule has 0 atom stereocenters. The van der Waals surface area contributed by atoms with Crippen LogP contribution in [0.25, 0.3) is 0 Å². The Balaban J connectivity index is 2.24. The number of rotatable bonds is 5. The molecule has 1 aromatic heterocycles. The fourth-order valence-electron chi connectivity index (χ4n) is 1.14. The van der Waals surface area contributed by atoms with Crippen molar-refractivity contribution in [2.45, 2.75) is 19.9 Å². The predicted octanol–water partition coefficient (Wildman–Crippen LogP) is 2.90. The molecule has 0 aliphatic rings. The molecule has 76 valence electrons. The summed E-state index contributed by atoms with van der Waals surface area (Å²) in [5.41, 5.74) is 1.21. The van der Waals surface area contributed by atoms with Gasteiger partial charge in [-0.3, -0.25) is 4.98 Å². The van der Waals surface area contributed by atoms with Crippen molar-refractivity contribution in [1.82, 2.24) is 10.3 Å². The van der Waals surface area contributed by atoms with Crippen LogP contribution in [0.5, 0.6) is 0 Å². The second-order valence-corrected chi connectivity index (χ2v) is 3.96. The van der Waals surface area contributed by atoms with E-state index in [1.807, 2.05) is 13.1 Å². The van der Waals surface area contributed by atoms with Gasteiger partial charge < -0.3 is 5.32 Å². The Morgan fingerprint density at radius 1 is 1.50 bits per heavy atom. The smallest absolute Gasteiger partial charge is 0.0410 e. The predicted molar refractivity (Wildman–Crippen MR) is 63.1 cm³/mol. The molecule has 0 unspecified atom stereocenters. The van der Waals surface area contributed by atoms with Crippen molar-refractivity contribution in [3.8, 4) is 0 Å². The monoisotopic (exact) mass is 254 g/mol.